The van der Waals surface area contributed by atoms with Crippen molar-refractivity contribution in [3.8, 4) is 17.2 Å². The Morgan fingerprint density at radius 3 is 2.35 bits per heavy atom. The summed E-state index contributed by atoms with van der Waals surface area (Å²) in [5, 5.41) is 10.4. The van der Waals surface area contributed by atoms with Crippen LogP contribution in [-0.2, 0) is 0 Å². The number of nitrogen functional groups attached to an aromatic ring is 2. The molecule has 1 saturated heterocycles. The highest BCUT2D eigenvalue weighted by Crippen LogP contribution is 2.43. The lowest BCUT2D eigenvalue weighted by Crippen LogP contribution is -2.48. The van der Waals surface area contributed by atoms with Gasteiger partial charge in [0.05, 0.1) is 5.69 Å². The van der Waals surface area contributed by atoms with Crippen molar-refractivity contribution in [1.29, 1.82) is 5.26 Å². The minimum Gasteiger partial charge on any atom is -0.397 e. The fourth-order valence-electron chi connectivity index (χ4n) is 4.40. The number of nitrogens with two attached hydrogens (primary N) is 2. The van der Waals surface area contributed by atoms with Crippen LogP contribution in [0.2, 0.25) is 0 Å². The fraction of sp³-hybridized carbons (Fsp3) is 0.192. The second-order valence-corrected chi connectivity index (χ2v) is 9.36. The molecule has 3 heterocycles. The van der Waals surface area contributed by atoms with E-state index < -0.39 is 0 Å². The van der Waals surface area contributed by atoms with Crippen LogP contribution < -0.4 is 16.4 Å². The van der Waals surface area contributed by atoms with Crippen LogP contribution in [0.5, 0.6) is 0 Å². The summed E-state index contributed by atoms with van der Waals surface area (Å²) >= 11 is 1.24. The highest BCUT2D eigenvalue weighted by molar-refractivity contribution is 7.21. The first-order chi connectivity index (χ1) is 16.5. The van der Waals surface area contributed by atoms with E-state index in [9.17, 15) is 10.1 Å². The quantitative estimate of drug-likeness (QED) is 0.464. The van der Waals surface area contributed by atoms with Gasteiger partial charge < -0.3 is 21.3 Å². The summed E-state index contributed by atoms with van der Waals surface area (Å²) in [5.74, 6) is 0.0300. The molecule has 7 nitrogen and oxygen atoms in total. The number of hydrogen-bond acceptors (Lipinski definition) is 7. The number of aryl methyl sites for hydroxylation is 1. The van der Waals surface area contributed by atoms with Gasteiger partial charge in [0, 0.05) is 42.8 Å². The Labute approximate surface area is 201 Å². The second-order valence-electron chi connectivity index (χ2n) is 8.36. The predicted octanol–water partition coefficient (Wildman–Crippen LogP) is 4.27. The molecular weight excluding hydrogens is 444 g/mol. The molecule has 1 aliphatic heterocycles. The number of benzene rings is 2. The van der Waals surface area contributed by atoms with Crippen molar-refractivity contribution in [2.75, 3.05) is 42.5 Å². The lowest BCUT2D eigenvalue weighted by Gasteiger charge is -2.36. The topological polar surface area (TPSA) is 112 Å². The van der Waals surface area contributed by atoms with E-state index in [2.05, 4.69) is 28.1 Å². The number of rotatable bonds is 3. The average molecular weight is 469 g/mol. The van der Waals surface area contributed by atoms with Gasteiger partial charge in [-0.1, -0.05) is 48.0 Å². The smallest absolute Gasteiger partial charge is 0.266 e. The van der Waals surface area contributed by atoms with E-state index in [0.717, 1.165) is 29.9 Å². The largest absolute Gasteiger partial charge is 0.397 e. The summed E-state index contributed by atoms with van der Waals surface area (Å²) in [6, 6.07) is 20.2. The average Bonchev–Trinajstić information content (AvgIpc) is 3.19. The SMILES string of the molecule is Cc1ccc(-c2c(C#N)c(N)nc3sc(C(=O)N4CCN(c5ccccc5)CC4)c(N)c23)cc1. The molecule has 1 aliphatic rings. The summed E-state index contributed by atoms with van der Waals surface area (Å²) in [4.78, 5) is 23.0. The molecule has 4 N–H and O–H groups in total. The van der Waals surface area contributed by atoms with Crippen LogP contribution >= 0.6 is 11.3 Å². The number of piperazine rings is 1. The molecule has 0 bridgehead atoms. The maximum absolute atomic E-state index is 13.5. The summed E-state index contributed by atoms with van der Waals surface area (Å²) in [5.41, 5.74) is 17.1. The molecule has 1 amide bonds. The van der Waals surface area contributed by atoms with Crippen molar-refractivity contribution >= 4 is 44.7 Å². The van der Waals surface area contributed by atoms with E-state index in [1.807, 2.05) is 54.3 Å². The van der Waals surface area contributed by atoms with Crippen LogP contribution in [0.4, 0.5) is 17.2 Å². The van der Waals surface area contributed by atoms with Crippen LogP contribution in [0.3, 0.4) is 0 Å². The Balaban J connectivity index is 1.51. The number of amides is 1. The predicted molar refractivity (Wildman–Crippen MR) is 138 cm³/mol. The molecule has 0 radical (unpaired) electrons. The molecule has 8 heteroatoms. The fourth-order valence-corrected chi connectivity index (χ4v) is 5.48. The van der Waals surface area contributed by atoms with E-state index in [1.165, 1.54) is 11.3 Å². The molecule has 0 aliphatic carbocycles. The van der Waals surface area contributed by atoms with Gasteiger partial charge in [-0.25, -0.2) is 4.98 Å². The van der Waals surface area contributed by atoms with Crippen LogP contribution in [0, 0.1) is 18.3 Å². The van der Waals surface area contributed by atoms with E-state index in [1.54, 1.807) is 0 Å². The molecule has 2 aromatic heterocycles. The van der Waals surface area contributed by atoms with E-state index in [4.69, 9.17) is 11.5 Å². The standard InChI is InChI=1S/C26H24N6OS/c1-16-7-9-17(10-8-16)20-19(15-27)24(29)30-25-21(20)22(28)23(34-25)26(33)32-13-11-31(12-14-32)18-5-3-2-4-6-18/h2-10H,11-14,28H2,1H3,(H2,29,30). The first-order valence-corrected chi connectivity index (χ1v) is 11.9. The molecular formula is C26H24N6OS. The van der Waals surface area contributed by atoms with Gasteiger partial charge in [0.15, 0.2) is 0 Å². The van der Waals surface area contributed by atoms with Crippen molar-refractivity contribution in [3.63, 3.8) is 0 Å². The molecule has 170 valence electrons. The Bertz CT molecular complexity index is 1410. The third-order valence-corrected chi connectivity index (χ3v) is 7.33. The molecule has 4 aromatic rings. The van der Waals surface area contributed by atoms with Gasteiger partial charge >= 0.3 is 0 Å². The summed E-state index contributed by atoms with van der Waals surface area (Å²) in [6.45, 7) is 4.70. The summed E-state index contributed by atoms with van der Waals surface area (Å²) in [6.07, 6.45) is 0. The molecule has 2 aromatic carbocycles. The number of carbonyl (C=O) groups is 1. The van der Waals surface area contributed by atoms with Crippen molar-refractivity contribution in [2.24, 2.45) is 0 Å². The maximum Gasteiger partial charge on any atom is 0.266 e. The number of aromatic nitrogens is 1. The van der Waals surface area contributed by atoms with E-state index in [-0.39, 0.29) is 17.3 Å². The third kappa shape index (κ3) is 3.70. The Hall–Kier alpha value is -4.09. The van der Waals surface area contributed by atoms with Crippen molar-refractivity contribution in [3.05, 3.63) is 70.6 Å². The number of nitriles is 1. The second kappa shape index (κ2) is 8.69. The van der Waals surface area contributed by atoms with Crippen molar-refractivity contribution in [2.45, 2.75) is 6.92 Å². The van der Waals surface area contributed by atoms with Gasteiger partial charge in [0.2, 0.25) is 0 Å². The number of pyridine rings is 1. The van der Waals surface area contributed by atoms with Crippen molar-refractivity contribution < 1.29 is 4.79 Å². The minimum absolute atomic E-state index is 0.111. The first kappa shape index (κ1) is 21.7. The van der Waals surface area contributed by atoms with E-state index >= 15 is 0 Å². The number of thiophene rings is 1. The number of nitrogens with zero attached hydrogens (tertiary/aromatic N) is 4. The summed E-state index contributed by atoms with van der Waals surface area (Å²) in [7, 11) is 0. The molecule has 0 spiro atoms. The number of hydrogen-bond donors (Lipinski definition) is 2. The molecule has 5 rings (SSSR count). The molecule has 0 saturated carbocycles. The minimum atomic E-state index is -0.111. The Morgan fingerprint density at radius 1 is 1.03 bits per heavy atom. The highest BCUT2D eigenvalue weighted by atomic mass is 32.1. The maximum atomic E-state index is 13.5. The van der Waals surface area contributed by atoms with Gasteiger partial charge in [-0.05, 0) is 24.6 Å². The first-order valence-electron chi connectivity index (χ1n) is 11.1. The van der Waals surface area contributed by atoms with Crippen LogP contribution in [-0.4, -0.2) is 42.0 Å². The molecule has 0 atom stereocenters. The summed E-state index contributed by atoms with van der Waals surface area (Å²) < 4.78 is 0. The van der Waals surface area contributed by atoms with Crippen molar-refractivity contribution in [1.82, 2.24) is 9.88 Å². The van der Waals surface area contributed by atoms with Gasteiger partial charge in [0.1, 0.15) is 27.2 Å². The lowest BCUT2D eigenvalue weighted by molar-refractivity contribution is 0.0752. The highest BCUT2D eigenvalue weighted by Gasteiger charge is 2.28. The van der Waals surface area contributed by atoms with Crippen LogP contribution in [0.15, 0.2) is 54.6 Å². The number of fused-ring (bicyclic) bond motifs is 1. The van der Waals surface area contributed by atoms with E-state index in [0.29, 0.717) is 39.4 Å². The number of para-hydroxylation sites is 1. The Kier molecular flexibility index (Phi) is 5.56. The van der Waals surface area contributed by atoms with Gasteiger partial charge in [0.25, 0.3) is 5.91 Å². The Morgan fingerprint density at radius 2 is 1.71 bits per heavy atom. The zero-order chi connectivity index (χ0) is 23.8. The van der Waals surface area contributed by atoms with Gasteiger partial charge in [-0.2, -0.15) is 5.26 Å². The van der Waals surface area contributed by atoms with Crippen LogP contribution in [0.1, 0.15) is 20.8 Å². The third-order valence-electron chi connectivity index (χ3n) is 6.24. The number of carbonyl (C=O) groups excluding carboxylic acids is 1. The molecule has 0 unspecified atom stereocenters. The molecule has 1 fully saturated rings. The zero-order valence-corrected chi connectivity index (χ0v) is 19.6. The van der Waals surface area contributed by atoms with Crippen LogP contribution in [0.25, 0.3) is 21.3 Å². The van der Waals surface area contributed by atoms with Gasteiger partial charge in [-0.15, -0.1) is 11.3 Å². The molecule has 34 heavy (non-hydrogen) atoms. The normalized spacial score (nSPS) is 13.8. The zero-order valence-electron chi connectivity index (χ0n) is 18.8. The van der Waals surface area contributed by atoms with Gasteiger partial charge in [-0.3, -0.25) is 4.79 Å². The monoisotopic (exact) mass is 468 g/mol. The number of anilines is 3. The lowest BCUT2D eigenvalue weighted by atomic mass is 9.96.